The third-order valence-electron chi connectivity index (χ3n) is 15.7. The number of benzene rings is 5. The summed E-state index contributed by atoms with van der Waals surface area (Å²) in [4.78, 5) is 11.0. The highest BCUT2D eigenvalue weighted by molar-refractivity contribution is 6.30. The average Bonchev–Trinajstić information content (AvgIpc) is 1.82. The number of hydrogen-bond donors (Lipinski definition) is 5. The van der Waals surface area contributed by atoms with Crippen molar-refractivity contribution in [2.45, 2.75) is 125 Å². The normalized spacial score (nSPS) is 11.7. The molecule has 30 heteroatoms. The summed E-state index contributed by atoms with van der Waals surface area (Å²) in [6.07, 6.45) is 1.01. The Labute approximate surface area is 610 Å². The van der Waals surface area contributed by atoms with E-state index in [4.69, 9.17) is 16.3 Å². The van der Waals surface area contributed by atoms with Gasteiger partial charge in [0.25, 0.3) is 0 Å². The van der Waals surface area contributed by atoms with Crippen LogP contribution in [0.15, 0.2) is 152 Å². The number of H-pyrrole nitrogens is 5. The predicted octanol–water partition coefficient (Wildman–Crippen LogP) is 18.7. The van der Waals surface area contributed by atoms with Gasteiger partial charge < -0.3 is 38.7 Å². The second-order valence-electron chi connectivity index (χ2n) is 25.0. The zero-order valence-electron chi connectivity index (χ0n) is 60.6. The van der Waals surface area contributed by atoms with Crippen molar-refractivity contribution in [2.75, 3.05) is 74.6 Å². The van der Waals surface area contributed by atoms with Crippen molar-refractivity contribution in [1.82, 2.24) is 75.5 Å². The molecule has 0 atom stereocenters. The second kappa shape index (κ2) is 42.1. The Bertz CT molecular complexity index is 4030. The van der Waals surface area contributed by atoms with Crippen LogP contribution in [0.3, 0.4) is 0 Å². The van der Waals surface area contributed by atoms with Crippen molar-refractivity contribution in [2.24, 2.45) is 0 Å². The summed E-state index contributed by atoms with van der Waals surface area (Å²) in [6.45, 7) is 15.4. The van der Waals surface area contributed by atoms with Crippen molar-refractivity contribution in [3.63, 3.8) is 0 Å². The van der Waals surface area contributed by atoms with E-state index >= 15 is 0 Å². The molecule has 0 bridgehead atoms. The number of halogens is 12. The summed E-state index contributed by atoms with van der Waals surface area (Å²) < 4.78 is 148. The monoisotopic (exact) mass is 1500 g/mol. The van der Waals surface area contributed by atoms with Gasteiger partial charge in [0.1, 0.15) is 17.2 Å². The van der Waals surface area contributed by atoms with E-state index in [1.54, 1.807) is 61.2 Å². The number of ether oxygens (including phenoxy) is 3. The molecule has 10 aromatic rings. The molecule has 0 radical (unpaired) electrons. The van der Waals surface area contributed by atoms with E-state index < -0.39 is 37.5 Å². The lowest BCUT2D eigenvalue weighted by Crippen LogP contribution is -2.19. The average molecular weight is 1500 g/mol. The maximum Gasteiger partial charge on any atom is 0.573 e. The molecule has 5 aromatic carbocycles. The summed E-state index contributed by atoms with van der Waals surface area (Å²) in [5, 5.41) is 35.8. The Morgan fingerprint density at radius 1 is 0.371 bits per heavy atom. The maximum absolute atomic E-state index is 12.6. The fourth-order valence-corrected chi connectivity index (χ4v) is 11.2. The van der Waals surface area contributed by atoms with Crippen molar-refractivity contribution in [3.05, 3.63) is 191 Å². The van der Waals surface area contributed by atoms with Crippen molar-refractivity contribution >= 4 is 11.6 Å². The highest BCUT2D eigenvalue weighted by Gasteiger charge is 2.32. The van der Waals surface area contributed by atoms with Gasteiger partial charge in [-0.1, -0.05) is 70.5 Å². The summed E-state index contributed by atoms with van der Waals surface area (Å²) in [5.41, 5.74) is 13.5. The lowest BCUT2D eigenvalue weighted by atomic mass is 10.1. The Morgan fingerprint density at radius 3 is 0.876 bits per heavy atom. The van der Waals surface area contributed by atoms with Gasteiger partial charge in [-0.2, -0.15) is 60.6 Å². The smallest absolute Gasteiger partial charge is 0.484 e. The van der Waals surface area contributed by atoms with Gasteiger partial charge in [0.2, 0.25) is 0 Å². The van der Waals surface area contributed by atoms with Gasteiger partial charge in [0.05, 0.1) is 65.0 Å². The van der Waals surface area contributed by atoms with E-state index in [9.17, 15) is 48.3 Å². The first-order valence-electron chi connectivity index (χ1n) is 34.2. The topological polar surface area (TPSA) is 187 Å². The molecule has 0 saturated heterocycles. The molecule has 0 aliphatic heterocycles. The molecule has 0 saturated carbocycles. The van der Waals surface area contributed by atoms with Crippen LogP contribution in [0.4, 0.5) is 48.3 Å². The highest BCUT2D eigenvalue weighted by atomic mass is 35.5. The third-order valence-corrected chi connectivity index (χ3v) is 16.0. The van der Waals surface area contributed by atoms with Crippen LogP contribution in [0.1, 0.15) is 100 Å². The summed E-state index contributed by atoms with van der Waals surface area (Å²) in [5.74, 6) is 0.105. The van der Waals surface area contributed by atoms with Crippen LogP contribution in [0.2, 0.25) is 5.02 Å². The van der Waals surface area contributed by atoms with Crippen LogP contribution < -0.4 is 14.2 Å². The molecular formula is C75H93ClF11N15O3. The fraction of sp³-hybridized carbons (Fsp3) is 0.400. The van der Waals surface area contributed by atoms with Crippen LogP contribution in [0, 0.1) is 0 Å². The van der Waals surface area contributed by atoms with E-state index in [1.165, 1.54) is 54.1 Å². The SMILES string of the molecule is CCCN(C)Cc1cn[nH]c1-c1ccc(C(F)(F)F)cc1.CCCN(C)Cc1cn[nH]c1-c1ccc(Cl)cc1.CCCN(C)Cc1cn[nH]c1-c1ccc(OC(F)(F)F)cc1.CCCN(C)Cc1cn[nH]c1-c1ccc(OC(F)F)cc1.CCCN(C)Cc1cn[nH]c1-c1ccc(OCC(F)(F)F)cc1. The molecule has 0 aliphatic rings. The van der Waals surface area contributed by atoms with Crippen molar-refractivity contribution in [1.29, 1.82) is 0 Å². The van der Waals surface area contributed by atoms with Gasteiger partial charge in [-0.05, 0) is 208 Å². The standard InChI is InChI=1S/C16H20F3N3O.C15H18F3N3O.C15H18F3N3.C15H19F2N3O.C14H18ClN3/c1-3-8-22(2)10-13-9-20-21-15(13)12-4-6-14(7-5-12)23-11-16(17,18)19;1-3-8-21(2)10-12-9-19-20-14(12)11-4-6-13(7-5-11)22-15(16,17)18;1-3-8-21(2)10-12-9-19-20-14(12)11-4-6-13(7-5-11)15(16,17)18;1-3-8-20(2)10-12-9-18-19-14(12)11-4-6-13(7-5-11)21-15(16)17;1-3-8-18(2)10-12-9-16-17-14(12)11-4-6-13(15)7-5-11/h4-7,9H,3,8,10-11H2,1-2H3,(H,20,21);4-7,9H,3,8,10H2,1-2H3,(H,19,20);4-7,9H,3,8,10H2,1-2H3,(H,19,20);4-7,9,15H,3,8,10H2,1-2H3,(H,18,19);4-7,9H,3,8,10H2,1-2H3,(H,16,17). The van der Waals surface area contributed by atoms with Gasteiger partial charge in [-0.3, -0.25) is 25.5 Å². The van der Waals surface area contributed by atoms with E-state index in [2.05, 4.69) is 134 Å². The molecule has 10 rings (SSSR count). The van der Waals surface area contributed by atoms with Crippen molar-refractivity contribution < 1.29 is 62.5 Å². The molecule has 0 amide bonds. The first kappa shape index (κ1) is 84.8. The number of rotatable bonds is 30. The number of alkyl halides is 11. The first-order valence-corrected chi connectivity index (χ1v) is 34.6. The van der Waals surface area contributed by atoms with Crippen molar-refractivity contribution in [3.8, 4) is 73.5 Å². The largest absolute Gasteiger partial charge is 0.573 e. The summed E-state index contributed by atoms with van der Waals surface area (Å²) in [7, 11) is 10.2. The lowest BCUT2D eigenvalue weighted by Gasteiger charge is -2.15. The van der Waals surface area contributed by atoms with Crippen LogP contribution >= 0.6 is 11.6 Å². The third kappa shape index (κ3) is 29.4. The van der Waals surface area contributed by atoms with E-state index in [0.717, 1.165) is 181 Å². The van der Waals surface area contributed by atoms with E-state index in [0.29, 0.717) is 12.1 Å². The van der Waals surface area contributed by atoms with Crippen LogP contribution in [0.5, 0.6) is 17.2 Å². The molecule has 105 heavy (non-hydrogen) atoms. The Morgan fingerprint density at radius 2 is 0.629 bits per heavy atom. The number of nitrogens with one attached hydrogen (secondary N) is 5. The molecular weight excluding hydrogens is 1400 g/mol. The van der Waals surface area contributed by atoms with Gasteiger partial charge in [0, 0.05) is 82.3 Å². The Balaban J connectivity index is 0.000000206. The molecule has 0 spiro atoms. The van der Waals surface area contributed by atoms with Gasteiger partial charge in [-0.25, -0.2) is 0 Å². The minimum atomic E-state index is -4.68. The molecule has 5 heterocycles. The lowest BCUT2D eigenvalue weighted by molar-refractivity contribution is -0.274. The number of hydrogen-bond acceptors (Lipinski definition) is 13. The summed E-state index contributed by atoms with van der Waals surface area (Å²) >= 11 is 5.90. The predicted molar refractivity (Wildman–Crippen MR) is 388 cm³/mol. The Hall–Kier alpha value is -9.13. The molecule has 18 nitrogen and oxygen atoms in total. The van der Waals surface area contributed by atoms with Gasteiger partial charge in [-0.15, -0.1) is 13.2 Å². The molecule has 570 valence electrons. The summed E-state index contributed by atoms with van der Waals surface area (Å²) in [6, 6.07) is 31.8. The number of aromatic nitrogens is 10. The van der Waals surface area contributed by atoms with Gasteiger partial charge in [0.15, 0.2) is 6.61 Å². The Kier molecular flexibility index (Phi) is 34.0. The molecule has 0 unspecified atom stereocenters. The van der Waals surface area contributed by atoms with Crippen LogP contribution in [-0.2, 0) is 38.9 Å². The van der Waals surface area contributed by atoms with E-state index in [1.807, 2.05) is 51.6 Å². The molecule has 5 N–H and O–H groups in total. The highest BCUT2D eigenvalue weighted by Crippen LogP contribution is 2.34. The minimum absolute atomic E-state index is 0.151. The first-order chi connectivity index (χ1) is 50.0. The van der Waals surface area contributed by atoms with Gasteiger partial charge >= 0.3 is 25.3 Å². The molecule has 5 aromatic heterocycles. The zero-order valence-corrected chi connectivity index (χ0v) is 61.3. The minimum Gasteiger partial charge on any atom is -0.484 e. The zero-order chi connectivity index (χ0) is 76.7. The van der Waals surface area contributed by atoms with E-state index in [-0.39, 0.29) is 17.2 Å². The quantitative estimate of drug-likeness (QED) is 0.0268. The van der Waals surface area contributed by atoms with Crippen LogP contribution in [0.25, 0.3) is 56.3 Å². The number of aromatic amines is 5. The second-order valence-corrected chi connectivity index (χ2v) is 25.5. The maximum atomic E-state index is 12.6. The molecule has 0 fully saturated rings. The fourth-order valence-electron chi connectivity index (χ4n) is 11.1. The van der Waals surface area contributed by atoms with Crippen LogP contribution in [-0.4, -0.2) is 169 Å². The molecule has 0 aliphatic carbocycles. The number of nitrogens with zero attached hydrogens (tertiary/aromatic N) is 10.